The van der Waals surface area contributed by atoms with E-state index in [0.29, 0.717) is 6.54 Å². The van der Waals surface area contributed by atoms with E-state index < -0.39 is 0 Å². The van der Waals surface area contributed by atoms with Crippen molar-refractivity contribution in [1.29, 1.82) is 0 Å². The van der Waals surface area contributed by atoms with Gasteiger partial charge in [0.2, 0.25) is 0 Å². The monoisotopic (exact) mass is 128 g/mol. The van der Waals surface area contributed by atoms with Gasteiger partial charge in [-0.05, 0) is 21.0 Å². The van der Waals surface area contributed by atoms with Crippen LogP contribution in [-0.4, -0.2) is 32.1 Å². The molecule has 0 rings (SSSR count). The van der Waals surface area contributed by atoms with Crippen molar-refractivity contribution >= 4 is 0 Å². The molecule has 0 heterocycles. The molecule has 0 aliphatic rings. The molecule has 0 aliphatic carbocycles. The van der Waals surface area contributed by atoms with Crippen molar-refractivity contribution in [1.82, 2.24) is 4.90 Å². The summed E-state index contributed by atoms with van der Waals surface area (Å²) >= 11 is 0. The van der Waals surface area contributed by atoms with Crippen molar-refractivity contribution in [2.24, 2.45) is 5.73 Å². The predicted octanol–water partition coefficient (Wildman–Crippen LogP) is 0.453. The predicted molar refractivity (Wildman–Crippen MR) is 41.4 cm³/mol. The van der Waals surface area contributed by atoms with Gasteiger partial charge in [-0.1, -0.05) is 11.6 Å². The molecule has 0 bridgehead atoms. The van der Waals surface area contributed by atoms with Gasteiger partial charge in [-0.15, -0.1) is 0 Å². The summed E-state index contributed by atoms with van der Waals surface area (Å²) in [5.74, 6) is 0. The summed E-state index contributed by atoms with van der Waals surface area (Å²) in [6.45, 7) is 3.71. The summed E-state index contributed by atoms with van der Waals surface area (Å²) in [5, 5.41) is 0. The number of likely N-dealkylation sites (N-methyl/N-ethyl adjacent to an activating group) is 1. The van der Waals surface area contributed by atoms with E-state index in [1.54, 1.807) is 0 Å². The molecular weight excluding hydrogens is 112 g/mol. The highest BCUT2D eigenvalue weighted by molar-refractivity contribution is 4.99. The topological polar surface area (TPSA) is 29.3 Å². The third-order valence-corrected chi connectivity index (χ3v) is 1.13. The standard InChI is InChI=1S/C7H16N2/c1-7(6-8)4-5-9(2)3/h4H,5-6,8H2,1-3H3/b7-4+. The quantitative estimate of drug-likeness (QED) is 0.559. The van der Waals surface area contributed by atoms with Crippen LogP contribution in [0.15, 0.2) is 11.6 Å². The van der Waals surface area contributed by atoms with Crippen LogP contribution in [0.25, 0.3) is 0 Å². The van der Waals surface area contributed by atoms with Crippen LogP contribution >= 0.6 is 0 Å². The Labute approximate surface area is 57.3 Å². The molecule has 2 nitrogen and oxygen atoms in total. The summed E-state index contributed by atoms with van der Waals surface area (Å²) < 4.78 is 0. The van der Waals surface area contributed by atoms with Gasteiger partial charge in [-0.3, -0.25) is 0 Å². The van der Waals surface area contributed by atoms with E-state index in [0.717, 1.165) is 6.54 Å². The average Bonchev–Trinajstić information content (AvgIpc) is 1.83. The second kappa shape index (κ2) is 4.53. The Bertz CT molecular complexity index is 95.1. The molecule has 0 spiro atoms. The van der Waals surface area contributed by atoms with E-state index in [9.17, 15) is 0 Å². The molecule has 0 unspecified atom stereocenters. The smallest absolute Gasteiger partial charge is 0.0160 e. The van der Waals surface area contributed by atoms with Gasteiger partial charge in [0.1, 0.15) is 0 Å². The van der Waals surface area contributed by atoms with Crippen LogP contribution in [-0.2, 0) is 0 Å². The zero-order valence-corrected chi connectivity index (χ0v) is 6.52. The molecule has 0 aliphatic heterocycles. The van der Waals surface area contributed by atoms with Gasteiger partial charge in [-0.25, -0.2) is 0 Å². The Kier molecular flexibility index (Phi) is 4.36. The van der Waals surface area contributed by atoms with Gasteiger partial charge in [0, 0.05) is 13.1 Å². The molecule has 0 aromatic rings. The normalized spacial score (nSPS) is 12.8. The van der Waals surface area contributed by atoms with Crippen LogP contribution in [0, 0.1) is 0 Å². The van der Waals surface area contributed by atoms with Gasteiger partial charge in [-0.2, -0.15) is 0 Å². The van der Waals surface area contributed by atoms with Crippen molar-refractivity contribution < 1.29 is 0 Å². The maximum Gasteiger partial charge on any atom is 0.0160 e. The lowest BCUT2D eigenvalue weighted by atomic mass is 10.3. The summed E-state index contributed by atoms with van der Waals surface area (Å²) in [5.41, 5.74) is 6.62. The van der Waals surface area contributed by atoms with Gasteiger partial charge >= 0.3 is 0 Å². The van der Waals surface area contributed by atoms with Crippen LogP contribution in [0.2, 0.25) is 0 Å². The molecule has 0 radical (unpaired) electrons. The lowest BCUT2D eigenvalue weighted by molar-refractivity contribution is 0.455. The molecule has 9 heavy (non-hydrogen) atoms. The Balaban J connectivity index is 3.43. The van der Waals surface area contributed by atoms with Crippen molar-refractivity contribution in [3.05, 3.63) is 11.6 Å². The zero-order chi connectivity index (χ0) is 7.28. The number of nitrogens with two attached hydrogens (primary N) is 1. The highest BCUT2D eigenvalue weighted by Gasteiger charge is 1.85. The fourth-order valence-electron chi connectivity index (χ4n) is 0.422. The summed E-state index contributed by atoms with van der Waals surface area (Å²) in [6, 6.07) is 0. The lowest BCUT2D eigenvalue weighted by Crippen LogP contribution is -2.12. The molecule has 0 saturated carbocycles. The number of nitrogens with zero attached hydrogens (tertiary/aromatic N) is 1. The van der Waals surface area contributed by atoms with Gasteiger partial charge < -0.3 is 10.6 Å². The van der Waals surface area contributed by atoms with Crippen LogP contribution in [0.5, 0.6) is 0 Å². The van der Waals surface area contributed by atoms with Crippen molar-refractivity contribution in [2.75, 3.05) is 27.2 Å². The second-order valence-corrected chi connectivity index (χ2v) is 2.52. The molecule has 0 amide bonds. The van der Waals surface area contributed by atoms with E-state index in [1.807, 2.05) is 21.0 Å². The largest absolute Gasteiger partial charge is 0.327 e. The maximum absolute atomic E-state index is 5.37. The number of rotatable bonds is 3. The molecular formula is C7H16N2. The first-order valence-electron chi connectivity index (χ1n) is 3.17. The van der Waals surface area contributed by atoms with Crippen molar-refractivity contribution in [3.63, 3.8) is 0 Å². The Morgan fingerprint density at radius 2 is 2.11 bits per heavy atom. The Morgan fingerprint density at radius 3 is 2.44 bits per heavy atom. The summed E-state index contributed by atoms with van der Waals surface area (Å²) in [7, 11) is 4.08. The molecule has 0 atom stereocenters. The SMILES string of the molecule is C/C(=C\CN(C)C)CN. The fraction of sp³-hybridized carbons (Fsp3) is 0.714. The fourth-order valence-corrected chi connectivity index (χ4v) is 0.422. The minimum Gasteiger partial charge on any atom is -0.327 e. The van der Waals surface area contributed by atoms with E-state index in [4.69, 9.17) is 5.73 Å². The lowest BCUT2D eigenvalue weighted by Gasteiger charge is -2.04. The van der Waals surface area contributed by atoms with E-state index in [2.05, 4.69) is 11.0 Å². The summed E-state index contributed by atoms with van der Waals surface area (Å²) in [4.78, 5) is 2.11. The van der Waals surface area contributed by atoms with E-state index in [1.165, 1.54) is 5.57 Å². The van der Waals surface area contributed by atoms with Gasteiger partial charge in [0.25, 0.3) is 0 Å². The highest BCUT2D eigenvalue weighted by Crippen LogP contribution is 1.87. The summed E-state index contributed by atoms with van der Waals surface area (Å²) in [6.07, 6.45) is 2.14. The van der Waals surface area contributed by atoms with Crippen LogP contribution in [0.3, 0.4) is 0 Å². The Hall–Kier alpha value is -0.340. The van der Waals surface area contributed by atoms with Gasteiger partial charge in [0.15, 0.2) is 0 Å². The van der Waals surface area contributed by atoms with E-state index >= 15 is 0 Å². The number of hydrogen-bond donors (Lipinski definition) is 1. The average molecular weight is 128 g/mol. The first-order valence-corrected chi connectivity index (χ1v) is 3.17. The highest BCUT2D eigenvalue weighted by atomic mass is 15.0. The minimum atomic E-state index is 0.674. The maximum atomic E-state index is 5.37. The third kappa shape index (κ3) is 5.53. The van der Waals surface area contributed by atoms with Gasteiger partial charge in [0.05, 0.1) is 0 Å². The van der Waals surface area contributed by atoms with E-state index in [-0.39, 0.29) is 0 Å². The molecule has 0 saturated heterocycles. The molecule has 2 N–H and O–H groups in total. The van der Waals surface area contributed by atoms with Crippen molar-refractivity contribution in [3.8, 4) is 0 Å². The second-order valence-electron chi connectivity index (χ2n) is 2.52. The van der Waals surface area contributed by atoms with Crippen LogP contribution < -0.4 is 5.73 Å². The van der Waals surface area contributed by atoms with Crippen LogP contribution in [0.4, 0.5) is 0 Å². The molecule has 54 valence electrons. The minimum absolute atomic E-state index is 0.674. The first kappa shape index (κ1) is 8.66. The third-order valence-electron chi connectivity index (χ3n) is 1.13. The molecule has 0 fully saturated rings. The first-order chi connectivity index (χ1) is 4.16. The molecule has 0 aromatic carbocycles. The molecule has 2 heteroatoms. The van der Waals surface area contributed by atoms with Crippen molar-refractivity contribution in [2.45, 2.75) is 6.92 Å². The number of hydrogen-bond acceptors (Lipinski definition) is 2. The molecule has 0 aromatic heterocycles. The Morgan fingerprint density at radius 1 is 1.56 bits per heavy atom. The van der Waals surface area contributed by atoms with Crippen LogP contribution in [0.1, 0.15) is 6.92 Å². The zero-order valence-electron chi connectivity index (χ0n) is 6.52.